The van der Waals surface area contributed by atoms with Crippen LogP contribution in [0.3, 0.4) is 0 Å². The first kappa shape index (κ1) is 13.1. The Hall–Kier alpha value is -1.39. The van der Waals surface area contributed by atoms with Crippen LogP contribution < -0.4 is 5.32 Å². The molecule has 0 unspecified atom stereocenters. The summed E-state index contributed by atoms with van der Waals surface area (Å²) in [6.45, 7) is 4.63. The van der Waals surface area contributed by atoms with Gasteiger partial charge in [-0.05, 0) is 26.0 Å². The molecule has 2 rings (SSSR count). The lowest BCUT2D eigenvalue weighted by atomic mass is 10.2. The topological polar surface area (TPSA) is 38.1 Å². The zero-order valence-electron chi connectivity index (χ0n) is 10.3. The highest BCUT2D eigenvalue weighted by Crippen LogP contribution is 2.14. The number of benzene rings is 1. The van der Waals surface area contributed by atoms with Gasteiger partial charge in [0.05, 0.1) is 12.2 Å². The van der Waals surface area contributed by atoms with Crippen molar-refractivity contribution in [1.29, 1.82) is 0 Å². The number of halogens is 2. The maximum absolute atomic E-state index is 13.5. The highest BCUT2D eigenvalue weighted by atomic mass is 35.5. The molecule has 0 radical (unpaired) electrons. The summed E-state index contributed by atoms with van der Waals surface area (Å²) >= 11 is 5.68. The van der Waals surface area contributed by atoms with E-state index >= 15 is 0 Å². The molecule has 0 aliphatic carbocycles. The van der Waals surface area contributed by atoms with E-state index < -0.39 is 0 Å². The summed E-state index contributed by atoms with van der Waals surface area (Å²) in [5.41, 5.74) is 1.45. The standard InChI is InChI=1S/C13H14ClFN2O/c1-8-9(2)18-13(17-8)7-16-6-10-3-4-11(14)5-12(10)15/h3-5,16H,6-7H2,1-2H3. The molecule has 2 aromatic rings. The highest BCUT2D eigenvalue weighted by Gasteiger charge is 2.06. The van der Waals surface area contributed by atoms with E-state index in [1.807, 2.05) is 13.8 Å². The van der Waals surface area contributed by atoms with E-state index in [4.69, 9.17) is 16.0 Å². The van der Waals surface area contributed by atoms with Crippen molar-refractivity contribution in [3.63, 3.8) is 0 Å². The summed E-state index contributed by atoms with van der Waals surface area (Å²) in [6.07, 6.45) is 0. The number of aromatic nitrogens is 1. The molecule has 5 heteroatoms. The van der Waals surface area contributed by atoms with Gasteiger partial charge in [0, 0.05) is 17.1 Å². The lowest BCUT2D eigenvalue weighted by Crippen LogP contribution is -2.14. The van der Waals surface area contributed by atoms with Crippen LogP contribution in [0.2, 0.25) is 5.02 Å². The molecule has 0 aliphatic heterocycles. The molecular formula is C13H14ClFN2O. The number of hydrogen-bond donors (Lipinski definition) is 1. The molecule has 0 saturated carbocycles. The van der Waals surface area contributed by atoms with Gasteiger partial charge in [-0.15, -0.1) is 0 Å². The second-order valence-electron chi connectivity index (χ2n) is 4.09. The second kappa shape index (κ2) is 5.50. The molecule has 0 bridgehead atoms. The van der Waals surface area contributed by atoms with Gasteiger partial charge in [-0.2, -0.15) is 0 Å². The third-order valence-electron chi connectivity index (χ3n) is 2.68. The maximum atomic E-state index is 13.5. The van der Waals surface area contributed by atoms with Gasteiger partial charge >= 0.3 is 0 Å². The molecule has 1 aromatic carbocycles. The Bertz CT molecular complexity index is 534. The fourth-order valence-electron chi connectivity index (χ4n) is 1.58. The predicted octanol–water partition coefficient (Wildman–Crippen LogP) is 3.37. The Morgan fingerprint density at radius 3 is 2.72 bits per heavy atom. The molecule has 1 heterocycles. The quantitative estimate of drug-likeness (QED) is 0.924. The van der Waals surface area contributed by atoms with E-state index in [0.717, 1.165) is 11.5 Å². The smallest absolute Gasteiger partial charge is 0.208 e. The molecule has 0 amide bonds. The van der Waals surface area contributed by atoms with Crippen LogP contribution in [-0.4, -0.2) is 4.98 Å². The molecular weight excluding hydrogens is 255 g/mol. The third-order valence-corrected chi connectivity index (χ3v) is 2.91. The minimum absolute atomic E-state index is 0.310. The Labute approximate surface area is 110 Å². The van der Waals surface area contributed by atoms with Gasteiger partial charge in [-0.1, -0.05) is 17.7 Å². The van der Waals surface area contributed by atoms with Crippen molar-refractivity contribution in [1.82, 2.24) is 10.3 Å². The van der Waals surface area contributed by atoms with Crippen LogP contribution in [0.15, 0.2) is 22.6 Å². The number of nitrogens with zero attached hydrogens (tertiary/aromatic N) is 1. The lowest BCUT2D eigenvalue weighted by molar-refractivity contribution is 0.446. The zero-order chi connectivity index (χ0) is 13.1. The molecule has 0 atom stereocenters. The van der Waals surface area contributed by atoms with Crippen LogP contribution in [0, 0.1) is 19.7 Å². The maximum Gasteiger partial charge on any atom is 0.208 e. The van der Waals surface area contributed by atoms with E-state index in [9.17, 15) is 4.39 Å². The normalized spacial score (nSPS) is 10.9. The fourth-order valence-corrected chi connectivity index (χ4v) is 1.74. The van der Waals surface area contributed by atoms with E-state index in [0.29, 0.717) is 29.6 Å². The Kier molecular flexibility index (Phi) is 3.99. The summed E-state index contributed by atoms with van der Waals surface area (Å²) < 4.78 is 18.9. The van der Waals surface area contributed by atoms with Gasteiger partial charge in [-0.25, -0.2) is 9.37 Å². The third kappa shape index (κ3) is 3.09. The first-order chi connectivity index (χ1) is 8.56. The Balaban J connectivity index is 1.92. The van der Waals surface area contributed by atoms with Gasteiger partial charge in [0.15, 0.2) is 0 Å². The summed E-state index contributed by atoms with van der Waals surface area (Å²) in [7, 11) is 0. The first-order valence-electron chi connectivity index (χ1n) is 5.64. The second-order valence-corrected chi connectivity index (χ2v) is 4.52. The number of rotatable bonds is 4. The summed E-state index contributed by atoms with van der Waals surface area (Å²) in [5.74, 6) is 1.11. The minimum atomic E-state index is -0.310. The van der Waals surface area contributed by atoms with Crippen molar-refractivity contribution in [3.05, 3.63) is 51.9 Å². The van der Waals surface area contributed by atoms with Crippen LogP contribution in [0.4, 0.5) is 4.39 Å². The van der Waals surface area contributed by atoms with Crippen molar-refractivity contribution in [2.24, 2.45) is 0 Å². The van der Waals surface area contributed by atoms with Crippen LogP contribution in [0.1, 0.15) is 22.9 Å². The Morgan fingerprint density at radius 1 is 1.33 bits per heavy atom. The van der Waals surface area contributed by atoms with Gasteiger partial charge in [0.2, 0.25) is 5.89 Å². The Morgan fingerprint density at radius 2 is 2.11 bits per heavy atom. The number of oxazole rings is 1. The average molecular weight is 269 g/mol. The molecule has 1 aromatic heterocycles. The fraction of sp³-hybridized carbons (Fsp3) is 0.308. The van der Waals surface area contributed by atoms with E-state index in [-0.39, 0.29) is 5.82 Å². The van der Waals surface area contributed by atoms with Crippen LogP contribution >= 0.6 is 11.6 Å². The predicted molar refractivity (Wildman–Crippen MR) is 67.9 cm³/mol. The van der Waals surface area contributed by atoms with Crippen molar-refractivity contribution in [2.75, 3.05) is 0 Å². The van der Waals surface area contributed by atoms with Gasteiger partial charge in [-0.3, -0.25) is 0 Å². The zero-order valence-corrected chi connectivity index (χ0v) is 11.0. The molecule has 96 valence electrons. The first-order valence-corrected chi connectivity index (χ1v) is 6.01. The van der Waals surface area contributed by atoms with Crippen molar-refractivity contribution in [2.45, 2.75) is 26.9 Å². The minimum Gasteiger partial charge on any atom is -0.444 e. The van der Waals surface area contributed by atoms with Crippen molar-refractivity contribution >= 4 is 11.6 Å². The monoisotopic (exact) mass is 268 g/mol. The number of aryl methyl sites for hydroxylation is 2. The number of hydrogen-bond acceptors (Lipinski definition) is 3. The molecule has 0 saturated heterocycles. The molecule has 18 heavy (non-hydrogen) atoms. The van der Waals surface area contributed by atoms with Gasteiger partial charge < -0.3 is 9.73 Å². The van der Waals surface area contributed by atoms with Crippen LogP contribution in [0.25, 0.3) is 0 Å². The van der Waals surface area contributed by atoms with E-state index in [1.54, 1.807) is 12.1 Å². The largest absolute Gasteiger partial charge is 0.444 e. The average Bonchev–Trinajstić information content (AvgIpc) is 2.61. The molecule has 0 fully saturated rings. The van der Waals surface area contributed by atoms with Crippen LogP contribution in [-0.2, 0) is 13.1 Å². The van der Waals surface area contributed by atoms with E-state index in [2.05, 4.69) is 10.3 Å². The molecule has 0 aliphatic rings. The number of nitrogens with one attached hydrogen (secondary N) is 1. The van der Waals surface area contributed by atoms with Crippen LogP contribution in [0.5, 0.6) is 0 Å². The summed E-state index contributed by atoms with van der Waals surface area (Å²) in [6, 6.07) is 4.63. The molecule has 1 N–H and O–H groups in total. The molecule has 0 spiro atoms. The van der Waals surface area contributed by atoms with Gasteiger partial charge in [0.25, 0.3) is 0 Å². The SMILES string of the molecule is Cc1nc(CNCc2ccc(Cl)cc2F)oc1C. The van der Waals surface area contributed by atoms with Gasteiger partial charge in [0.1, 0.15) is 11.6 Å². The summed E-state index contributed by atoms with van der Waals surface area (Å²) in [5, 5.41) is 3.48. The van der Waals surface area contributed by atoms with Crippen molar-refractivity contribution < 1.29 is 8.81 Å². The lowest BCUT2D eigenvalue weighted by Gasteiger charge is -2.04. The highest BCUT2D eigenvalue weighted by molar-refractivity contribution is 6.30. The molecule has 3 nitrogen and oxygen atoms in total. The van der Waals surface area contributed by atoms with Crippen molar-refractivity contribution in [3.8, 4) is 0 Å². The summed E-state index contributed by atoms with van der Waals surface area (Å²) in [4.78, 5) is 4.23. The van der Waals surface area contributed by atoms with E-state index in [1.165, 1.54) is 6.07 Å².